The molecule has 0 aliphatic heterocycles. The van der Waals surface area contributed by atoms with Crippen LogP contribution in [0.25, 0.3) is 0 Å². The van der Waals surface area contributed by atoms with Crippen molar-refractivity contribution >= 4 is 0 Å². The first kappa shape index (κ1) is 45.6. The maximum absolute atomic E-state index is 2.27. The van der Waals surface area contributed by atoms with Gasteiger partial charge in [0, 0.05) is 0 Å². The van der Waals surface area contributed by atoms with Gasteiger partial charge in [-0.2, -0.15) is 0 Å². The third-order valence-electron chi connectivity index (χ3n) is 8.05. The average Bonchev–Trinajstić information content (AvgIpc) is 2.75. The van der Waals surface area contributed by atoms with E-state index >= 15 is 0 Å². The Morgan fingerprint density at radius 3 is 0.300 bits per heavy atom. The quantitative estimate of drug-likeness (QED) is 0.144. The van der Waals surface area contributed by atoms with E-state index in [1.165, 1.54) is 92.0 Å². The second kappa shape index (κ2) is 27.3. The molecule has 0 aromatic heterocycles. The highest BCUT2D eigenvalue weighted by Gasteiger charge is 2.17. The Kier molecular flexibility index (Phi) is 41.5. The van der Waals surface area contributed by atoms with Crippen molar-refractivity contribution in [2.24, 2.45) is 0 Å². The van der Waals surface area contributed by atoms with Gasteiger partial charge in [-0.3, -0.25) is 0 Å². The van der Waals surface area contributed by atoms with Crippen molar-refractivity contribution < 1.29 is 85.4 Å². The van der Waals surface area contributed by atoms with Crippen LogP contribution in [0.3, 0.4) is 0 Å². The number of hydrogen-bond acceptors (Lipinski definition) is 0. The molecule has 0 atom stereocenters. The van der Waals surface area contributed by atoms with Crippen LogP contribution in [0.2, 0.25) is 0 Å². The summed E-state index contributed by atoms with van der Waals surface area (Å²) >= 11 is 0. The zero-order valence-corrected chi connectivity index (χ0v) is 29.4. The van der Waals surface area contributed by atoms with Crippen LogP contribution in [0.1, 0.15) is 83.1 Å². The maximum atomic E-state index is 2.27. The minimum absolute atomic E-state index is 0. The van der Waals surface area contributed by atoms with Crippen molar-refractivity contribution in [1.82, 2.24) is 0 Å². The van der Waals surface area contributed by atoms with Gasteiger partial charge in [0.15, 0.2) is 0 Å². The fraction of sp³-hybridized carbons (Fsp3) is 1.00. The first-order valence-corrected chi connectivity index (χ1v) is 12.3. The molecular formula is C24H60I3N3. The van der Waals surface area contributed by atoms with Gasteiger partial charge in [-0.25, -0.2) is 0 Å². The van der Waals surface area contributed by atoms with E-state index < -0.39 is 0 Å². The lowest BCUT2D eigenvalue weighted by Gasteiger charge is -2.34. The van der Waals surface area contributed by atoms with Crippen LogP contribution in [0.5, 0.6) is 0 Å². The molecule has 0 rings (SSSR count). The molecule has 0 heterocycles. The van der Waals surface area contributed by atoms with E-state index in [-0.39, 0.29) is 71.9 Å². The Balaban J connectivity index is -0.0000000686. The number of hydrogen-bond donors (Lipinski definition) is 0. The predicted molar refractivity (Wildman–Crippen MR) is 127 cm³/mol. The number of quaternary nitrogens is 3. The molecule has 0 aromatic rings. The molecule has 0 aromatic carbocycles. The molecule has 0 aliphatic carbocycles. The summed E-state index contributed by atoms with van der Waals surface area (Å²) in [6.07, 6.45) is 0. The molecule has 0 unspecified atom stereocenters. The Morgan fingerprint density at radius 1 is 0.233 bits per heavy atom. The molecule has 0 saturated carbocycles. The Labute approximate surface area is 244 Å². The average molecular weight is 771 g/mol. The largest absolute Gasteiger partial charge is 1.00 e. The van der Waals surface area contributed by atoms with Crippen molar-refractivity contribution in [1.29, 1.82) is 0 Å². The lowest BCUT2D eigenvalue weighted by atomic mass is 10.3. The van der Waals surface area contributed by atoms with Crippen LogP contribution in [0, 0.1) is 0 Å². The summed E-state index contributed by atoms with van der Waals surface area (Å²) in [7, 11) is 0. The van der Waals surface area contributed by atoms with E-state index in [4.69, 9.17) is 0 Å². The lowest BCUT2D eigenvalue weighted by Crippen LogP contribution is -3.00. The highest BCUT2D eigenvalue weighted by atomic mass is 127. The second-order valence-electron chi connectivity index (χ2n) is 7.82. The molecule has 0 fully saturated rings. The number of nitrogens with zero attached hydrogens (tertiary/aromatic N) is 3. The van der Waals surface area contributed by atoms with Crippen LogP contribution in [0.15, 0.2) is 0 Å². The maximum Gasteiger partial charge on any atom is 0.0757 e. The normalized spacial score (nSPS) is 10.8. The van der Waals surface area contributed by atoms with Crippen LogP contribution in [-0.2, 0) is 0 Å². The standard InChI is InChI=1S/3C8H20N.3HI/c3*1-5-9(6-2,7-3)8-4;;;/h3*5-8H2,1-4H3;3*1H/q3*+1;;;/p-3. The Bertz CT molecular complexity index is 204. The molecule has 0 N–H and O–H groups in total. The SMILES string of the molecule is CC[N+](CC)(CC)CC.CC[N+](CC)(CC)CC.CC[N+](CC)(CC)CC.[I-].[I-].[I-]. The summed E-state index contributed by atoms with van der Waals surface area (Å²) < 4.78 is 3.83. The van der Waals surface area contributed by atoms with Gasteiger partial charge in [0.25, 0.3) is 0 Å². The first-order valence-electron chi connectivity index (χ1n) is 12.3. The first-order chi connectivity index (χ1) is 12.7. The van der Waals surface area contributed by atoms with Gasteiger partial charge >= 0.3 is 0 Å². The Morgan fingerprint density at radius 2 is 0.300 bits per heavy atom. The number of halogens is 3. The fourth-order valence-corrected chi connectivity index (χ4v) is 4.02. The van der Waals surface area contributed by atoms with Gasteiger partial charge in [-0.1, -0.05) is 0 Å². The van der Waals surface area contributed by atoms with E-state index in [1.807, 2.05) is 0 Å². The molecule has 0 saturated heterocycles. The van der Waals surface area contributed by atoms with Crippen LogP contribution >= 0.6 is 0 Å². The third-order valence-corrected chi connectivity index (χ3v) is 8.05. The van der Waals surface area contributed by atoms with Gasteiger partial charge in [0.2, 0.25) is 0 Å². The smallest absolute Gasteiger partial charge is 0.0757 e. The molecule has 0 aliphatic rings. The molecular weight excluding hydrogens is 711 g/mol. The van der Waals surface area contributed by atoms with E-state index in [2.05, 4.69) is 83.1 Å². The van der Waals surface area contributed by atoms with Crippen molar-refractivity contribution in [3.8, 4) is 0 Å². The molecule has 6 heteroatoms. The highest BCUT2D eigenvalue weighted by molar-refractivity contribution is 4.32. The minimum Gasteiger partial charge on any atom is -1.00 e. The molecule has 0 radical (unpaired) electrons. The summed E-state index contributed by atoms with van der Waals surface area (Å²) in [5.41, 5.74) is 0. The van der Waals surface area contributed by atoms with Crippen LogP contribution in [0.4, 0.5) is 0 Å². The highest BCUT2D eigenvalue weighted by Crippen LogP contribution is 2.04. The monoisotopic (exact) mass is 771 g/mol. The zero-order valence-electron chi connectivity index (χ0n) is 23.0. The van der Waals surface area contributed by atoms with Crippen LogP contribution < -0.4 is 71.9 Å². The Hall–Kier alpha value is 2.07. The van der Waals surface area contributed by atoms with Crippen molar-refractivity contribution in [3.05, 3.63) is 0 Å². The van der Waals surface area contributed by atoms with Crippen molar-refractivity contribution in [3.63, 3.8) is 0 Å². The lowest BCUT2D eigenvalue weighted by molar-refractivity contribution is -0.921. The topological polar surface area (TPSA) is 0 Å². The second-order valence-corrected chi connectivity index (χ2v) is 7.82. The summed E-state index contributed by atoms with van der Waals surface area (Å²) in [5, 5.41) is 0. The molecule has 3 nitrogen and oxygen atoms in total. The summed E-state index contributed by atoms with van der Waals surface area (Å²) in [4.78, 5) is 0. The van der Waals surface area contributed by atoms with Crippen LogP contribution in [-0.4, -0.2) is 92.0 Å². The van der Waals surface area contributed by atoms with E-state index in [1.54, 1.807) is 0 Å². The van der Waals surface area contributed by atoms with Crippen molar-refractivity contribution in [2.45, 2.75) is 83.1 Å². The van der Waals surface area contributed by atoms with Gasteiger partial charge < -0.3 is 85.4 Å². The molecule has 30 heavy (non-hydrogen) atoms. The number of rotatable bonds is 12. The van der Waals surface area contributed by atoms with Crippen molar-refractivity contribution in [2.75, 3.05) is 78.5 Å². The zero-order chi connectivity index (χ0) is 22.0. The summed E-state index contributed by atoms with van der Waals surface area (Å²) in [6, 6.07) is 0. The summed E-state index contributed by atoms with van der Waals surface area (Å²) in [6.45, 7) is 42.7. The van der Waals surface area contributed by atoms with Gasteiger partial charge in [0.1, 0.15) is 0 Å². The van der Waals surface area contributed by atoms with E-state index in [0.717, 1.165) is 0 Å². The molecule has 0 amide bonds. The summed E-state index contributed by atoms with van der Waals surface area (Å²) in [5.74, 6) is 0. The van der Waals surface area contributed by atoms with Gasteiger partial charge in [-0.05, 0) is 83.1 Å². The molecule has 0 bridgehead atoms. The molecule has 192 valence electrons. The van der Waals surface area contributed by atoms with Gasteiger partial charge in [-0.15, -0.1) is 0 Å². The van der Waals surface area contributed by atoms with E-state index in [0.29, 0.717) is 0 Å². The molecule has 0 spiro atoms. The minimum atomic E-state index is 0. The predicted octanol–water partition coefficient (Wildman–Crippen LogP) is -3.34. The van der Waals surface area contributed by atoms with E-state index in [9.17, 15) is 0 Å². The van der Waals surface area contributed by atoms with Gasteiger partial charge in [0.05, 0.1) is 78.5 Å². The third kappa shape index (κ3) is 17.5. The fourth-order valence-electron chi connectivity index (χ4n) is 4.02.